The molecule has 0 aliphatic heterocycles. The lowest BCUT2D eigenvalue weighted by Crippen LogP contribution is -2.08. The summed E-state index contributed by atoms with van der Waals surface area (Å²) in [6.07, 6.45) is 1.40. The van der Waals surface area contributed by atoms with Gasteiger partial charge in [0.25, 0.3) is 0 Å². The molecule has 0 bridgehead atoms. The SMILES string of the molecule is CCOC(=O)c1[nH]c(/C=N/OC)c(-c2ccc(OC)c(OC)c2OC)c1CO. The molecule has 28 heavy (non-hydrogen) atoms. The summed E-state index contributed by atoms with van der Waals surface area (Å²) in [6, 6.07) is 3.44. The molecule has 0 saturated carbocycles. The van der Waals surface area contributed by atoms with Gasteiger partial charge in [-0.25, -0.2) is 4.79 Å². The Bertz CT molecular complexity index is 858. The van der Waals surface area contributed by atoms with Crippen LogP contribution in [0.25, 0.3) is 11.1 Å². The van der Waals surface area contributed by atoms with Crippen molar-refractivity contribution < 1.29 is 33.7 Å². The highest BCUT2D eigenvalue weighted by Crippen LogP contribution is 2.46. The van der Waals surface area contributed by atoms with E-state index in [0.29, 0.717) is 39.6 Å². The molecular formula is C19H24N2O7. The van der Waals surface area contributed by atoms with Gasteiger partial charge in [-0.05, 0) is 19.1 Å². The van der Waals surface area contributed by atoms with Gasteiger partial charge in [0.2, 0.25) is 5.75 Å². The van der Waals surface area contributed by atoms with Crippen molar-refractivity contribution in [1.29, 1.82) is 0 Å². The fourth-order valence-electron chi connectivity index (χ4n) is 2.90. The van der Waals surface area contributed by atoms with Gasteiger partial charge in [0.15, 0.2) is 11.5 Å². The largest absolute Gasteiger partial charge is 0.493 e. The van der Waals surface area contributed by atoms with Crippen LogP contribution in [0.3, 0.4) is 0 Å². The van der Waals surface area contributed by atoms with Crippen LogP contribution >= 0.6 is 0 Å². The quantitative estimate of drug-likeness (QED) is 0.383. The fourth-order valence-corrected chi connectivity index (χ4v) is 2.90. The zero-order chi connectivity index (χ0) is 20.7. The second kappa shape index (κ2) is 9.65. The van der Waals surface area contributed by atoms with Gasteiger partial charge < -0.3 is 33.9 Å². The van der Waals surface area contributed by atoms with Crippen LogP contribution in [0, 0.1) is 0 Å². The zero-order valence-electron chi connectivity index (χ0n) is 16.5. The lowest BCUT2D eigenvalue weighted by Gasteiger charge is -2.16. The molecule has 0 aliphatic rings. The van der Waals surface area contributed by atoms with Gasteiger partial charge in [0.1, 0.15) is 12.8 Å². The number of aromatic nitrogens is 1. The number of aliphatic hydroxyl groups excluding tert-OH is 1. The summed E-state index contributed by atoms with van der Waals surface area (Å²) in [5, 5.41) is 13.8. The number of carbonyl (C=O) groups is 1. The van der Waals surface area contributed by atoms with Crippen LogP contribution in [-0.2, 0) is 16.2 Å². The number of H-pyrrole nitrogens is 1. The van der Waals surface area contributed by atoms with Gasteiger partial charge in [0, 0.05) is 16.7 Å². The normalized spacial score (nSPS) is 10.8. The molecule has 1 aromatic carbocycles. The molecule has 1 heterocycles. The van der Waals surface area contributed by atoms with E-state index in [-0.39, 0.29) is 12.3 Å². The number of carbonyl (C=O) groups excluding carboxylic acids is 1. The summed E-state index contributed by atoms with van der Waals surface area (Å²) in [5.41, 5.74) is 1.95. The monoisotopic (exact) mass is 392 g/mol. The highest BCUT2D eigenvalue weighted by Gasteiger charge is 2.27. The number of nitrogens with zero attached hydrogens (tertiary/aromatic N) is 1. The Kier molecular flexibility index (Phi) is 7.28. The molecule has 9 nitrogen and oxygen atoms in total. The lowest BCUT2D eigenvalue weighted by atomic mass is 9.98. The second-order valence-corrected chi connectivity index (χ2v) is 5.44. The zero-order valence-corrected chi connectivity index (χ0v) is 16.5. The first-order valence-corrected chi connectivity index (χ1v) is 8.46. The van der Waals surface area contributed by atoms with E-state index in [2.05, 4.69) is 10.1 Å². The molecule has 152 valence electrons. The molecule has 0 saturated heterocycles. The fraction of sp³-hybridized carbons (Fsp3) is 0.368. The lowest BCUT2D eigenvalue weighted by molar-refractivity contribution is 0.0516. The first-order valence-electron chi connectivity index (χ1n) is 8.46. The summed E-state index contributed by atoms with van der Waals surface area (Å²) >= 11 is 0. The van der Waals surface area contributed by atoms with E-state index in [1.54, 1.807) is 19.1 Å². The predicted octanol–water partition coefficient (Wildman–Crippen LogP) is 2.36. The molecule has 2 N–H and O–H groups in total. The summed E-state index contributed by atoms with van der Waals surface area (Å²) in [5.74, 6) is 0.629. The van der Waals surface area contributed by atoms with Crippen molar-refractivity contribution in [2.45, 2.75) is 13.5 Å². The molecule has 0 aliphatic carbocycles. The van der Waals surface area contributed by atoms with Gasteiger partial charge in [0.05, 0.1) is 46.5 Å². The van der Waals surface area contributed by atoms with Crippen LogP contribution < -0.4 is 14.2 Å². The summed E-state index contributed by atoms with van der Waals surface area (Å²) in [6.45, 7) is 1.47. The number of hydrogen-bond acceptors (Lipinski definition) is 8. The highest BCUT2D eigenvalue weighted by molar-refractivity contribution is 5.99. The first kappa shape index (κ1) is 21.1. The highest BCUT2D eigenvalue weighted by atomic mass is 16.6. The Balaban J connectivity index is 2.83. The Hall–Kier alpha value is -3.20. The van der Waals surface area contributed by atoms with E-state index in [4.69, 9.17) is 23.8 Å². The van der Waals surface area contributed by atoms with Crippen molar-refractivity contribution in [2.75, 3.05) is 35.0 Å². The Morgan fingerprint density at radius 3 is 2.39 bits per heavy atom. The molecule has 0 fully saturated rings. The van der Waals surface area contributed by atoms with E-state index in [9.17, 15) is 9.90 Å². The third-order valence-corrected chi connectivity index (χ3v) is 4.03. The molecule has 0 amide bonds. The average molecular weight is 392 g/mol. The van der Waals surface area contributed by atoms with Gasteiger partial charge in [-0.15, -0.1) is 0 Å². The Labute approximate surface area is 162 Å². The van der Waals surface area contributed by atoms with Gasteiger partial charge in [-0.1, -0.05) is 5.16 Å². The number of aliphatic hydroxyl groups is 1. The van der Waals surface area contributed by atoms with Gasteiger partial charge in [-0.3, -0.25) is 0 Å². The van der Waals surface area contributed by atoms with E-state index in [0.717, 1.165) is 0 Å². The minimum atomic E-state index is -0.593. The predicted molar refractivity (Wildman–Crippen MR) is 102 cm³/mol. The first-order chi connectivity index (χ1) is 13.6. The topological polar surface area (TPSA) is 112 Å². The maximum atomic E-state index is 12.4. The number of methoxy groups -OCH3 is 3. The van der Waals surface area contributed by atoms with Gasteiger partial charge in [-0.2, -0.15) is 0 Å². The maximum Gasteiger partial charge on any atom is 0.355 e. The van der Waals surface area contributed by atoms with Crippen molar-refractivity contribution >= 4 is 12.2 Å². The number of benzene rings is 1. The second-order valence-electron chi connectivity index (χ2n) is 5.44. The Morgan fingerprint density at radius 2 is 1.86 bits per heavy atom. The number of nitrogens with one attached hydrogen (secondary N) is 1. The molecule has 0 radical (unpaired) electrons. The number of rotatable bonds is 9. The van der Waals surface area contributed by atoms with Crippen LogP contribution in [0.4, 0.5) is 0 Å². The number of ether oxygens (including phenoxy) is 4. The summed E-state index contributed by atoms with van der Waals surface area (Å²) < 4.78 is 21.4. The van der Waals surface area contributed by atoms with E-state index < -0.39 is 12.6 Å². The number of oxime groups is 1. The van der Waals surface area contributed by atoms with Crippen molar-refractivity contribution in [3.05, 3.63) is 29.1 Å². The maximum absolute atomic E-state index is 12.4. The minimum Gasteiger partial charge on any atom is -0.493 e. The van der Waals surface area contributed by atoms with Crippen molar-refractivity contribution in [1.82, 2.24) is 4.98 Å². The Morgan fingerprint density at radius 1 is 1.14 bits per heavy atom. The third kappa shape index (κ3) is 3.89. The molecule has 9 heteroatoms. The van der Waals surface area contributed by atoms with Crippen molar-refractivity contribution in [3.63, 3.8) is 0 Å². The summed E-state index contributed by atoms with van der Waals surface area (Å²) in [4.78, 5) is 20.1. The molecule has 2 rings (SSSR count). The molecule has 0 atom stereocenters. The molecule has 2 aromatic rings. The van der Waals surface area contributed by atoms with Crippen LogP contribution in [-0.4, -0.2) is 57.3 Å². The van der Waals surface area contributed by atoms with Crippen LogP contribution in [0.15, 0.2) is 17.3 Å². The molecular weight excluding hydrogens is 368 g/mol. The smallest absolute Gasteiger partial charge is 0.355 e. The van der Waals surface area contributed by atoms with Crippen molar-refractivity contribution in [3.8, 4) is 28.4 Å². The van der Waals surface area contributed by atoms with Gasteiger partial charge >= 0.3 is 5.97 Å². The summed E-state index contributed by atoms with van der Waals surface area (Å²) in [7, 11) is 5.89. The third-order valence-electron chi connectivity index (χ3n) is 4.03. The van der Waals surface area contributed by atoms with Crippen molar-refractivity contribution in [2.24, 2.45) is 5.16 Å². The standard InChI is InChI=1S/C19H24N2O7/c1-6-28-19(23)16-12(10-22)15(13(21-16)9-20-27-5)11-7-8-14(24-2)18(26-4)17(11)25-3/h7-9,21-22H,6,10H2,1-5H3/b20-9+. The van der Waals surface area contributed by atoms with E-state index in [1.807, 2.05) is 0 Å². The molecule has 0 unspecified atom stereocenters. The molecule has 0 spiro atoms. The van der Waals surface area contributed by atoms with Crippen LogP contribution in [0.2, 0.25) is 0 Å². The minimum absolute atomic E-state index is 0.119. The van der Waals surface area contributed by atoms with E-state index >= 15 is 0 Å². The number of esters is 1. The van der Waals surface area contributed by atoms with Crippen LogP contribution in [0.1, 0.15) is 28.7 Å². The van der Waals surface area contributed by atoms with E-state index in [1.165, 1.54) is 34.7 Å². The number of hydrogen-bond donors (Lipinski definition) is 2. The van der Waals surface area contributed by atoms with Crippen LogP contribution in [0.5, 0.6) is 17.2 Å². The molecule has 1 aromatic heterocycles. The average Bonchev–Trinajstić information content (AvgIpc) is 3.09. The number of aromatic amines is 1.